The van der Waals surface area contributed by atoms with Crippen LogP contribution in [0.1, 0.15) is 36.1 Å². The number of nitrogens with zero attached hydrogens (tertiary/aromatic N) is 6. The Kier molecular flexibility index (Phi) is 10.0. The molecule has 1 fully saturated rings. The van der Waals surface area contributed by atoms with Crippen LogP contribution in [0.15, 0.2) is 70.0 Å². The maximum Gasteiger partial charge on any atom is 0.411 e. The number of benzene rings is 2. The first-order valence-electron chi connectivity index (χ1n) is 13.3. The first-order chi connectivity index (χ1) is 21.7. The maximum absolute atomic E-state index is 13.9. The van der Waals surface area contributed by atoms with E-state index in [1.54, 1.807) is 24.3 Å². The summed E-state index contributed by atoms with van der Waals surface area (Å²) in [6.07, 6.45) is -3.46. The Labute approximate surface area is 263 Å². The van der Waals surface area contributed by atoms with Crippen LogP contribution in [0.25, 0.3) is 0 Å². The summed E-state index contributed by atoms with van der Waals surface area (Å²) >= 11 is 6.19. The fraction of sp³-hybridized carbons (Fsp3) is 0.296. The zero-order chi connectivity index (χ0) is 33.8. The van der Waals surface area contributed by atoms with Crippen molar-refractivity contribution in [2.75, 3.05) is 16.6 Å². The molecule has 1 aliphatic carbocycles. The molecule has 2 amide bonds. The first kappa shape index (κ1) is 33.9. The van der Waals surface area contributed by atoms with Crippen molar-refractivity contribution in [3.63, 3.8) is 0 Å². The highest BCUT2D eigenvalue weighted by atomic mass is 35.5. The highest BCUT2D eigenvalue weighted by Gasteiger charge is 2.64. The van der Waals surface area contributed by atoms with Crippen molar-refractivity contribution in [3.05, 3.63) is 71.0 Å². The van der Waals surface area contributed by atoms with Gasteiger partial charge in [0.15, 0.2) is 12.0 Å². The van der Waals surface area contributed by atoms with Crippen LogP contribution in [-0.2, 0) is 9.53 Å². The number of alkyl halides is 5. The standard InChI is InChI=1S/C27H28ClF5N10O3/c1-37-14-38-43(23(29)30)19-12-16(4-7-18(19)28)20(13-46-25(45)40-26(8-9-26)27(31,32)33)42-22(44)21(39-24(42)35)15-2-5-17(6-3-15)41(36)11-10-34/h2-7,10-12,14,20-21,23H,1,8-9,13,34,36H2,(H2,35,39)(H,40,45)/b11-10-,38-14-/t20-,21-/m1/s1. The summed E-state index contributed by atoms with van der Waals surface area (Å²) in [4.78, 5) is 34.8. The zero-order valence-electron chi connectivity index (χ0n) is 23.7. The number of amides is 2. The molecule has 46 heavy (non-hydrogen) atoms. The lowest BCUT2D eigenvalue weighted by molar-refractivity contribution is -0.164. The smallest absolute Gasteiger partial charge is 0.411 e. The Hall–Kier alpha value is -4.97. The van der Waals surface area contributed by atoms with Crippen molar-refractivity contribution >= 4 is 54.0 Å². The molecule has 4 rings (SSSR count). The third-order valence-electron chi connectivity index (χ3n) is 7.10. The molecule has 1 aliphatic heterocycles. The second-order valence-corrected chi connectivity index (χ2v) is 10.4. The molecule has 0 spiro atoms. The normalized spacial score (nSPS) is 18.2. The van der Waals surface area contributed by atoms with Crippen LogP contribution in [0.4, 0.5) is 38.1 Å². The van der Waals surface area contributed by atoms with Gasteiger partial charge in [-0.25, -0.2) is 20.6 Å². The summed E-state index contributed by atoms with van der Waals surface area (Å²) < 4.78 is 73.2. The molecule has 0 unspecified atom stereocenters. The van der Waals surface area contributed by atoms with Crippen LogP contribution < -0.4 is 32.6 Å². The summed E-state index contributed by atoms with van der Waals surface area (Å²) in [6, 6.07) is 7.40. The second kappa shape index (κ2) is 13.6. The molecule has 0 saturated heterocycles. The number of guanidine groups is 1. The van der Waals surface area contributed by atoms with Gasteiger partial charge in [0.25, 0.3) is 5.91 Å². The molecule has 1 heterocycles. The molecule has 2 aromatic rings. The van der Waals surface area contributed by atoms with E-state index in [-0.39, 0.29) is 40.1 Å². The van der Waals surface area contributed by atoms with E-state index in [0.717, 1.165) is 17.3 Å². The van der Waals surface area contributed by atoms with Crippen molar-refractivity contribution in [2.24, 2.45) is 32.4 Å². The number of hydrogen-bond donors (Lipinski definition) is 4. The lowest BCUT2D eigenvalue weighted by Gasteiger charge is -2.29. The van der Waals surface area contributed by atoms with Crippen LogP contribution in [0, 0.1) is 0 Å². The van der Waals surface area contributed by atoms with Crippen molar-refractivity contribution in [1.82, 2.24) is 10.2 Å². The minimum Gasteiger partial charge on any atom is -0.447 e. The monoisotopic (exact) mass is 670 g/mol. The van der Waals surface area contributed by atoms with Crippen molar-refractivity contribution in [2.45, 2.75) is 43.2 Å². The Balaban J connectivity index is 1.68. The number of halogens is 6. The van der Waals surface area contributed by atoms with Crippen LogP contribution in [-0.4, -0.2) is 60.8 Å². The molecule has 7 N–H and O–H groups in total. The number of carbonyl (C=O) groups excluding carboxylic acids is 2. The number of nitrogens with one attached hydrogen (secondary N) is 1. The molecule has 0 aromatic heterocycles. The second-order valence-electron chi connectivity index (χ2n) is 10.0. The molecule has 19 heteroatoms. The number of alkyl carbamates (subject to hydrolysis) is 1. The lowest BCUT2D eigenvalue weighted by atomic mass is 10.0. The van der Waals surface area contributed by atoms with Gasteiger partial charge in [0.2, 0.25) is 0 Å². The summed E-state index contributed by atoms with van der Waals surface area (Å²) in [5, 5.41) is 6.60. The molecule has 2 aromatic carbocycles. The van der Waals surface area contributed by atoms with Gasteiger partial charge in [0.1, 0.15) is 18.5 Å². The molecule has 1 saturated carbocycles. The number of rotatable bonds is 12. The van der Waals surface area contributed by atoms with Crippen molar-refractivity contribution in [3.8, 4) is 0 Å². The first-order valence-corrected chi connectivity index (χ1v) is 13.7. The van der Waals surface area contributed by atoms with Crippen LogP contribution in [0.3, 0.4) is 0 Å². The third kappa shape index (κ3) is 7.12. The minimum absolute atomic E-state index is 0.0476. The lowest BCUT2D eigenvalue weighted by Crippen LogP contribution is -2.49. The van der Waals surface area contributed by atoms with Gasteiger partial charge in [-0.15, -0.1) is 0 Å². The molecular formula is C27H28ClF5N10O3. The van der Waals surface area contributed by atoms with Gasteiger partial charge >= 0.3 is 18.8 Å². The van der Waals surface area contributed by atoms with Gasteiger partial charge in [-0.3, -0.25) is 19.7 Å². The summed E-state index contributed by atoms with van der Waals surface area (Å²) in [7, 11) is 0. The Bertz CT molecular complexity index is 1550. The van der Waals surface area contributed by atoms with Gasteiger partial charge in [-0.05, 0) is 55.0 Å². The molecule has 2 atom stereocenters. The molecule has 2 aliphatic rings. The van der Waals surface area contributed by atoms with E-state index in [4.69, 9.17) is 33.6 Å². The predicted octanol–water partition coefficient (Wildman–Crippen LogP) is 3.88. The quantitative estimate of drug-likeness (QED) is 0.0656. The Morgan fingerprint density at radius 3 is 2.50 bits per heavy atom. The molecule has 0 radical (unpaired) electrons. The SMILES string of the molecule is C=N/C=N\N(c1cc([C@@H](COC(=O)NC2(C(F)(F)F)CC2)N2C(=O)[C@@H](c3ccc(N(N)/C=C\N)cc3)N=C2N)ccc1Cl)C(F)F. The van der Waals surface area contributed by atoms with Gasteiger partial charge in [-0.1, -0.05) is 29.8 Å². The van der Waals surface area contributed by atoms with Gasteiger partial charge in [0.05, 0.1) is 22.4 Å². The summed E-state index contributed by atoms with van der Waals surface area (Å²) in [5.74, 6) is 4.80. The maximum atomic E-state index is 13.9. The van der Waals surface area contributed by atoms with Crippen molar-refractivity contribution < 1.29 is 36.3 Å². The fourth-order valence-electron chi connectivity index (χ4n) is 4.56. The van der Waals surface area contributed by atoms with E-state index in [1.165, 1.54) is 29.5 Å². The Morgan fingerprint density at radius 1 is 1.26 bits per heavy atom. The molecule has 0 bridgehead atoms. The largest absolute Gasteiger partial charge is 0.447 e. The summed E-state index contributed by atoms with van der Waals surface area (Å²) in [6.45, 7) is -0.818. The van der Waals surface area contributed by atoms with E-state index in [2.05, 4.69) is 21.8 Å². The Morgan fingerprint density at radius 2 is 1.93 bits per heavy atom. The number of hydrogen-bond acceptors (Lipinski definition) is 10. The topological polar surface area (TPSA) is 180 Å². The van der Waals surface area contributed by atoms with Crippen LogP contribution >= 0.6 is 11.6 Å². The number of aliphatic imine (C=N–C) groups is 2. The fourth-order valence-corrected chi connectivity index (χ4v) is 4.77. The minimum atomic E-state index is -4.72. The van der Waals surface area contributed by atoms with Crippen molar-refractivity contribution in [1.29, 1.82) is 0 Å². The number of hydrazine groups is 1. The number of hydrazone groups is 1. The third-order valence-corrected chi connectivity index (χ3v) is 7.42. The average molecular weight is 671 g/mol. The van der Waals surface area contributed by atoms with Crippen LogP contribution in [0.2, 0.25) is 5.02 Å². The number of nitrogens with two attached hydrogens (primary N) is 3. The van der Waals surface area contributed by atoms with E-state index in [0.29, 0.717) is 11.3 Å². The van der Waals surface area contributed by atoms with E-state index in [9.17, 15) is 31.5 Å². The molecule has 13 nitrogen and oxygen atoms in total. The van der Waals surface area contributed by atoms with E-state index < -0.39 is 49.0 Å². The predicted molar refractivity (Wildman–Crippen MR) is 161 cm³/mol. The highest BCUT2D eigenvalue weighted by Crippen LogP contribution is 2.49. The molecule has 246 valence electrons. The van der Waals surface area contributed by atoms with Gasteiger partial charge < -0.3 is 21.5 Å². The van der Waals surface area contributed by atoms with Gasteiger partial charge in [0, 0.05) is 12.4 Å². The highest BCUT2D eigenvalue weighted by molar-refractivity contribution is 6.33. The molecular weight excluding hydrogens is 643 g/mol. The van der Waals surface area contributed by atoms with E-state index in [1.807, 2.05) is 5.32 Å². The number of carbonyl (C=O) groups is 2. The van der Waals surface area contributed by atoms with Crippen LogP contribution in [0.5, 0.6) is 0 Å². The summed E-state index contributed by atoms with van der Waals surface area (Å²) in [5.41, 5.74) is 9.70. The average Bonchev–Trinajstić information content (AvgIpc) is 3.73. The zero-order valence-corrected chi connectivity index (χ0v) is 24.5. The number of ether oxygens (including phenoxy) is 1. The number of anilines is 2. The van der Waals surface area contributed by atoms with E-state index >= 15 is 0 Å². The van der Waals surface area contributed by atoms with Gasteiger partial charge in [-0.2, -0.15) is 27.1 Å².